The minimum absolute atomic E-state index is 0.0882. The van der Waals surface area contributed by atoms with E-state index in [0.717, 1.165) is 0 Å². The molecule has 0 unspecified atom stereocenters. The van der Waals surface area contributed by atoms with E-state index in [-0.39, 0.29) is 5.75 Å². The lowest BCUT2D eigenvalue weighted by molar-refractivity contribution is 0.602. The van der Waals surface area contributed by atoms with E-state index < -0.39 is 9.84 Å². The van der Waals surface area contributed by atoms with E-state index in [2.05, 4.69) is 20.6 Å². The van der Waals surface area contributed by atoms with Crippen molar-refractivity contribution < 1.29 is 8.42 Å². The van der Waals surface area contributed by atoms with E-state index in [1.807, 2.05) is 0 Å². The maximum Gasteiger partial charge on any atom is 0.149 e. The van der Waals surface area contributed by atoms with Crippen LogP contribution in [0.15, 0.2) is 6.07 Å². The highest BCUT2D eigenvalue weighted by atomic mass is 32.2. The number of sulfone groups is 1. The van der Waals surface area contributed by atoms with Gasteiger partial charge in [-0.05, 0) is 6.92 Å². The Morgan fingerprint density at radius 2 is 1.94 bits per heavy atom. The van der Waals surface area contributed by atoms with Gasteiger partial charge in [-0.3, -0.25) is 0 Å². The molecule has 7 heteroatoms. The first-order valence-corrected chi connectivity index (χ1v) is 6.92. The summed E-state index contributed by atoms with van der Waals surface area (Å²) >= 11 is 0. The van der Waals surface area contributed by atoms with Crippen molar-refractivity contribution in [2.45, 2.75) is 6.92 Å². The molecule has 90 valence electrons. The summed E-state index contributed by atoms with van der Waals surface area (Å²) in [5, 5.41) is 5.85. The van der Waals surface area contributed by atoms with Crippen molar-refractivity contribution >= 4 is 21.5 Å². The van der Waals surface area contributed by atoms with E-state index in [1.54, 1.807) is 20.0 Å². The molecule has 16 heavy (non-hydrogen) atoms. The molecule has 0 spiro atoms. The van der Waals surface area contributed by atoms with Crippen LogP contribution in [0.3, 0.4) is 0 Å². The Labute approximate surface area is 95.4 Å². The molecular weight excluding hydrogens is 228 g/mol. The number of aryl methyl sites for hydroxylation is 1. The van der Waals surface area contributed by atoms with Gasteiger partial charge in [-0.1, -0.05) is 0 Å². The molecule has 0 bridgehead atoms. The topological polar surface area (TPSA) is 84.0 Å². The summed E-state index contributed by atoms with van der Waals surface area (Å²) in [6.07, 6.45) is 1.21. The van der Waals surface area contributed by atoms with Crippen LogP contribution in [0.1, 0.15) is 5.82 Å². The largest absolute Gasteiger partial charge is 0.373 e. The zero-order chi connectivity index (χ0) is 12.2. The van der Waals surface area contributed by atoms with Gasteiger partial charge in [0.15, 0.2) is 0 Å². The Kier molecular flexibility index (Phi) is 4.05. The zero-order valence-electron chi connectivity index (χ0n) is 9.61. The fourth-order valence-electron chi connectivity index (χ4n) is 1.15. The Bertz CT molecular complexity index is 459. The minimum atomic E-state index is -2.94. The zero-order valence-corrected chi connectivity index (χ0v) is 10.4. The highest BCUT2D eigenvalue weighted by Gasteiger charge is 2.03. The fourth-order valence-corrected chi connectivity index (χ4v) is 1.62. The summed E-state index contributed by atoms with van der Waals surface area (Å²) in [6.45, 7) is 2.13. The Hall–Kier alpha value is -1.37. The molecule has 0 aromatic carbocycles. The molecule has 0 atom stereocenters. The van der Waals surface area contributed by atoms with Gasteiger partial charge in [0.1, 0.15) is 27.3 Å². The molecule has 2 N–H and O–H groups in total. The third-order valence-electron chi connectivity index (χ3n) is 1.87. The SMILES string of the molecule is CNc1cc(NCCS(C)(=O)=O)nc(C)n1. The molecule has 6 nitrogen and oxygen atoms in total. The Morgan fingerprint density at radius 3 is 2.50 bits per heavy atom. The van der Waals surface area contributed by atoms with E-state index in [1.165, 1.54) is 6.26 Å². The highest BCUT2D eigenvalue weighted by molar-refractivity contribution is 7.90. The molecule has 0 radical (unpaired) electrons. The van der Waals surface area contributed by atoms with Crippen LogP contribution >= 0.6 is 0 Å². The van der Waals surface area contributed by atoms with Crippen LogP contribution in [-0.4, -0.2) is 44.0 Å². The predicted molar refractivity (Wildman–Crippen MR) is 64.5 cm³/mol. The van der Waals surface area contributed by atoms with Gasteiger partial charge in [0.2, 0.25) is 0 Å². The van der Waals surface area contributed by atoms with Crippen molar-refractivity contribution in [3.05, 3.63) is 11.9 Å². The second-order valence-electron chi connectivity index (χ2n) is 3.49. The summed E-state index contributed by atoms with van der Waals surface area (Å²) < 4.78 is 21.9. The first kappa shape index (κ1) is 12.7. The van der Waals surface area contributed by atoms with Crippen molar-refractivity contribution in [2.24, 2.45) is 0 Å². The molecule has 0 saturated carbocycles. The number of anilines is 2. The maximum absolute atomic E-state index is 10.9. The predicted octanol–water partition coefficient (Wildman–Crippen LogP) is 0.283. The summed E-state index contributed by atoms with van der Waals surface area (Å²) in [7, 11) is -1.18. The van der Waals surface area contributed by atoms with Gasteiger partial charge in [-0.25, -0.2) is 18.4 Å². The van der Waals surface area contributed by atoms with E-state index in [4.69, 9.17) is 0 Å². The van der Waals surface area contributed by atoms with Crippen LogP contribution in [0.4, 0.5) is 11.6 Å². The average molecular weight is 244 g/mol. The minimum Gasteiger partial charge on any atom is -0.373 e. The first-order valence-electron chi connectivity index (χ1n) is 4.86. The molecule has 1 heterocycles. The number of nitrogens with one attached hydrogen (secondary N) is 2. The van der Waals surface area contributed by atoms with Crippen molar-refractivity contribution in [1.82, 2.24) is 9.97 Å². The van der Waals surface area contributed by atoms with Gasteiger partial charge < -0.3 is 10.6 Å². The van der Waals surface area contributed by atoms with Crippen molar-refractivity contribution in [3.63, 3.8) is 0 Å². The third kappa shape index (κ3) is 4.43. The van der Waals surface area contributed by atoms with E-state index >= 15 is 0 Å². The van der Waals surface area contributed by atoms with E-state index in [0.29, 0.717) is 24.0 Å². The number of nitrogens with zero attached hydrogens (tertiary/aromatic N) is 2. The van der Waals surface area contributed by atoms with Crippen LogP contribution in [0.2, 0.25) is 0 Å². The molecule has 1 rings (SSSR count). The van der Waals surface area contributed by atoms with Crippen LogP contribution < -0.4 is 10.6 Å². The van der Waals surface area contributed by atoms with Gasteiger partial charge in [-0.2, -0.15) is 0 Å². The van der Waals surface area contributed by atoms with E-state index in [9.17, 15) is 8.42 Å². The molecule has 0 aliphatic rings. The summed E-state index contributed by atoms with van der Waals surface area (Å²) in [6, 6.07) is 1.73. The quantitative estimate of drug-likeness (QED) is 0.774. The monoisotopic (exact) mass is 244 g/mol. The first-order chi connectivity index (χ1) is 7.40. The van der Waals surface area contributed by atoms with Crippen LogP contribution in [0.5, 0.6) is 0 Å². The number of rotatable bonds is 5. The lowest BCUT2D eigenvalue weighted by Gasteiger charge is -2.07. The van der Waals surface area contributed by atoms with Gasteiger partial charge in [-0.15, -0.1) is 0 Å². The fraction of sp³-hybridized carbons (Fsp3) is 0.556. The van der Waals surface area contributed by atoms with Crippen molar-refractivity contribution in [1.29, 1.82) is 0 Å². The Morgan fingerprint density at radius 1 is 1.31 bits per heavy atom. The van der Waals surface area contributed by atoms with Crippen LogP contribution in [0, 0.1) is 6.92 Å². The molecular formula is C9H16N4O2S. The molecule has 0 aliphatic carbocycles. The normalized spacial score (nSPS) is 11.2. The van der Waals surface area contributed by atoms with Crippen LogP contribution in [0.25, 0.3) is 0 Å². The number of hydrogen-bond donors (Lipinski definition) is 2. The van der Waals surface area contributed by atoms with Gasteiger partial charge in [0.25, 0.3) is 0 Å². The summed E-state index contributed by atoms with van der Waals surface area (Å²) in [5.41, 5.74) is 0. The van der Waals surface area contributed by atoms with Crippen LogP contribution in [-0.2, 0) is 9.84 Å². The standard InChI is InChI=1S/C9H16N4O2S/c1-7-12-8(10-2)6-9(13-7)11-4-5-16(3,14)15/h6H,4-5H2,1-3H3,(H2,10,11,12,13). The Balaban J connectivity index is 2.63. The summed E-state index contributed by atoms with van der Waals surface area (Å²) in [5.74, 6) is 2.05. The van der Waals surface area contributed by atoms with Gasteiger partial charge in [0, 0.05) is 25.9 Å². The highest BCUT2D eigenvalue weighted by Crippen LogP contribution is 2.09. The smallest absolute Gasteiger partial charge is 0.149 e. The molecule has 0 aliphatic heterocycles. The van der Waals surface area contributed by atoms with Crippen molar-refractivity contribution in [2.75, 3.05) is 36.2 Å². The molecule has 1 aromatic rings. The molecule has 0 fully saturated rings. The van der Waals surface area contributed by atoms with Gasteiger partial charge >= 0.3 is 0 Å². The maximum atomic E-state index is 10.9. The molecule has 1 aromatic heterocycles. The molecule has 0 saturated heterocycles. The third-order valence-corrected chi connectivity index (χ3v) is 2.82. The lowest BCUT2D eigenvalue weighted by Crippen LogP contribution is -2.15. The molecule has 0 amide bonds. The lowest BCUT2D eigenvalue weighted by atomic mass is 10.5. The average Bonchev–Trinajstić information content (AvgIpc) is 2.14. The number of hydrogen-bond acceptors (Lipinski definition) is 6. The second-order valence-corrected chi connectivity index (χ2v) is 5.75. The second kappa shape index (κ2) is 5.11. The van der Waals surface area contributed by atoms with Crippen molar-refractivity contribution in [3.8, 4) is 0 Å². The summed E-state index contributed by atoms with van der Waals surface area (Å²) in [4.78, 5) is 8.27. The number of aromatic nitrogens is 2. The van der Waals surface area contributed by atoms with Gasteiger partial charge in [0.05, 0.1) is 5.75 Å².